The summed E-state index contributed by atoms with van der Waals surface area (Å²) in [6, 6.07) is 0. The van der Waals surface area contributed by atoms with Crippen molar-refractivity contribution in [3.05, 3.63) is 12.2 Å². The van der Waals surface area contributed by atoms with Crippen LogP contribution in [0.1, 0.15) is 72.1 Å². The Morgan fingerprint density at radius 2 is 1.71 bits per heavy atom. The first-order valence-corrected chi connectivity index (χ1v) is 6.50. The molecule has 0 aromatic carbocycles. The van der Waals surface area contributed by atoms with E-state index in [1.165, 1.54) is 51.4 Å². The van der Waals surface area contributed by atoms with Gasteiger partial charge in [0.15, 0.2) is 0 Å². The van der Waals surface area contributed by atoms with Gasteiger partial charge in [0, 0.05) is 0 Å². The number of rotatable bonds is 9. The van der Waals surface area contributed by atoms with E-state index in [4.69, 9.17) is 0 Å². The normalized spacial score (nSPS) is 13.6. The molecule has 0 saturated carbocycles. The van der Waals surface area contributed by atoms with Crippen LogP contribution in [0.25, 0.3) is 0 Å². The van der Waals surface area contributed by atoms with Crippen molar-refractivity contribution in [3.63, 3.8) is 0 Å². The molecule has 0 fully saturated rings. The molecule has 0 aliphatic carbocycles. The quantitative estimate of drug-likeness (QED) is 0.345. The molecule has 1 atom stereocenters. The summed E-state index contributed by atoms with van der Waals surface area (Å²) in [5.74, 6) is 0.996. The molecule has 0 nitrogen and oxygen atoms in total. The van der Waals surface area contributed by atoms with E-state index in [1.54, 1.807) is 0 Å². The monoisotopic (exact) mass is 196 g/mol. The van der Waals surface area contributed by atoms with Crippen LogP contribution in [-0.4, -0.2) is 0 Å². The zero-order valence-electron chi connectivity index (χ0n) is 10.4. The van der Waals surface area contributed by atoms with Gasteiger partial charge >= 0.3 is 0 Å². The molecule has 0 bridgehead atoms. The highest BCUT2D eigenvalue weighted by Gasteiger charge is 2.03. The Labute approximate surface area is 90.8 Å². The van der Waals surface area contributed by atoms with Crippen LogP contribution in [0.5, 0.6) is 0 Å². The van der Waals surface area contributed by atoms with Gasteiger partial charge in [-0.3, -0.25) is 0 Å². The molecule has 0 aliphatic rings. The van der Waals surface area contributed by atoms with Crippen molar-refractivity contribution in [3.8, 4) is 0 Å². The molecule has 0 heteroatoms. The van der Waals surface area contributed by atoms with E-state index >= 15 is 0 Å². The fourth-order valence-electron chi connectivity index (χ4n) is 1.94. The third-order valence-electron chi connectivity index (χ3n) is 2.91. The third kappa shape index (κ3) is 8.34. The fraction of sp³-hybridized carbons (Fsp3) is 0.857. The van der Waals surface area contributed by atoms with Crippen molar-refractivity contribution in [1.29, 1.82) is 0 Å². The van der Waals surface area contributed by atoms with Crippen molar-refractivity contribution in [2.45, 2.75) is 72.1 Å². The highest BCUT2D eigenvalue weighted by atomic mass is 14.1. The zero-order chi connectivity index (χ0) is 10.6. The molecule has 0 aromatic heterocycles. The van der Waals surface area contributed by atoms with Gasteiger partial charge in [-0.2, -0.15) is 0 Å². The van der Waals surface area contributed by atoms with Crippen LogP contribution < -0.4 is 0 Å². The number of hydrogen-bond donors (Lipinski definition) is 0. The summed E-state index contributed by atoms with van der Waals surface area (Å²) < 4.78 is 0. The van der Waals surface area contributed by atoms with Crippen LogP contribution in [-0.2, 0) is 0 Å². The lowest BCUT2D eigenvalue weighted by Crippen LogP contribution is -1.97. The van der Waals surface area contributed by atoms with Gasteiger partial charge in [-0.25, -0.2) is 0 Å². The Morgan fingerprint density at radius 1 is 0.929 bits per heavy atom. The van der Waals surface area contributed by atoms with Crippen LogP contribution in [0.4, 0.5) is 0 Å². The molecule has 14 heavy (non-hydrogen) atoms. The first-order chi connectivity index (χ1) is 6.85. The molecule has 0 spiro atoms. The van der Waals surface area contributed by atoms with Crippen LogP contribution in [0.15, 0.2) is 12.2 Å². The van der Waals surface area contributed by atoms with E-state index in [0.717, 1.165) is 5.92 Å². The molecule has 0 aliphatic heterocycles. The standard InChI is InChI=1S/C14H28/c1-4-7-8-9-10-11-13-14(6-3)12-5-2/h7-8,14H,4-6,9-13H2,1-3H3. The van der Waals surface area contributed by atoms with Crippen molar-refractivity contribution in [1.82, 2.24) is 0 Å². The zero-order valence-corrected chi connectivity index (χ0v) is 10.4. The summed E-state index contributed by atoms with van der Waals surface area (Å²) in [5.41, 5.74) is 0. The second kappa shape index (κ2) is 10.8. The van der Waals surface area contributed by atoms with Crippen LogP contribution in [0, 0.1) is 5.92 Å². The average Bonchev–Trinajstić information content (AvgIpc) is 2.21. The Bertz CT molecular complexity index is 124. The Balaban J connectivity index is 3.28. The molecule has 0 rings (SSSR count). The molecular weight excluding hydrogens is 168 g/mol. The third-order valence-corrected chi connectivity index (χ3v) is 2.91. The lowest BCUT2D eigenvalue weighted by atomic mass is 9.94. The summed E-state index contributed by atoms with van der Waals surface area (Å²) in [7, 11) is 0. The van der Waals surface area contributed by atoms with Crippen molar-refractivity contribution in [2.24, 2.45) is 5.92 Å². The maximum Gasteiger partial charge on any atom is -0.0351 e. The maximum absolute atomic E-state index is 2.33. The van der Waals surface area contributed by atoms with Crippen LogP contribution >= 0.6 is 0 Å². The van der Waals surface area contributed by atoms with E-state index in [9.17, 15) is 0 Å². The van der Waals surface area contributed by atoms with E-state index in [-0.39, 0.29) is 0 Å². The molecular formula is C14H28. The van der Waals surface area contributed by atoms with E-state index < -0.39 is 0 Å². The summed E-state index contributed by atoms with van der Waals surface area (Å²) >= 11 is 0. The van der Waals surface area contributed by atoms with Gasteiger partial charge in [-0.15, -0.1) is 0 Å². The summed E-state index contributed by atoms with van der Waals surface area (Å²) in [6.45, 7) is 6.83. The number of unbranched alkanes of at least 4 members (excludes halogenated alkanes) is 2. The molecule has 0 saturated heterocycles. The lowest BCUT2D eigenvalue weighted by molar-refractivity contribution is 0.414. The highest BCUT2D eigenvalue weighted by Crippen LogP contribution is 2.18. The van der Waals surface area contributed by atoms with Gasteiger partial charge in [0.25, 0.3) is 0 Å². The van der Waals surface area contributed by atoms with Gasteiger partial charge in [0.1, 0.15) is 0 Å². The Kier molecular flexibility index (Phi) is 10.6. The Hall–Kier alpha value is -0.260. The minimum Gasteiger partial charge on any atom is -0.0888 e. The summed E-state index contributed by atoms with van der Waals surface area (Å²) in [6.07, 6.45) is 15.5. The van der Waals surface area contributed by atoms with Gasteiger partial charge in [0.05, 0.1) is 0 Å². The molecule has 0 radical (unpaired) electrons. The van der Waals surface area contributed by atoms with Crippen molar-refractivity contribution < 1.29 is 0 Å². The van der Waals surface area contributed by atoms with Gasteiger partial charge in [-0.05, 0) is 25.2 Å². The van der Waals surface area contributed by atoms with Crippen molar-refractivity contribution >= 4 is 0 Å². The van der Waals surface area contributed by atoms with Gasteiger partial charge in [-0.1, -0.05) is 65.0 Å². The molecule has 1 unspecified atom stereocenters. The van der Waals surface area contributed by atoms with E-state index in [1.807, 2.05) is 0 Å². The predicted molar refractivity (Wildman–Crippen MR) is 66.6 cm³/mol. The maximum atomic E-state index is 2.33. The average molecular weight is 196 g/mol. The molecule has 84 valence electrons. The Morgan fingerprint density at radius 3 is 2.29 bits per heavy atom. The predicted octanol–water partition coefficient (Wildman–Crippen LogP) is 5.34. The molecule has 0 N–H and O–H groups in total. The molecule has 0 heterocycles. The van der Waals surface area contributed by atoms with Crippen molar-refractivity contribution in [2.75, 3.05) is 0 Å². The largest absolute Gasteiger partial charge is 0.0888 e. The van der Waals surface area contributed by atoms with Gasteiger partial charge < -0.3 is 0 Å². The lowest BCUT2D eigenvalue weighted by Gasteiger charge is -2.12. The summed E-state index contributed by atoms with van der Waals surface area (Å²) in [4.78, 5) is 0. The molecule has 0 aromatic rings. The first kappa shape index (κ1) is 13.7. The molecule has 0 amide bonds. The topological polar surface area (TPSA) is 0 Å². The highest BCUT2D eigenvalue weighted by molar-refractivity contribution is 4.79. The summed E-state index contributed by atoms with van der Waals surface area (Å²) in [5, 5.41) is 0. The number of allylic oxidation sites excluding steroid dienone is 2. The number of hydrogen-bond acceptors (Lipinski definition) is 0. The van der Waals surface area contributed by atoms with Crippen LogP contribution in [0.3, 0.4) is 0 Å². The smallest absolute Gasteiger partial charge is 0.0351 e. The van der Waals surface area contributed by atoms with Crippen LogP contribution in [0.2, 0.25) is 0 Å². The SMILES string of the molecule is CCC=CCCCCC(CC)CCC. The second-order valence-electron chi connectivity index (χ2n) is 4.23. The second-order valence-corrected chi connectivity index (χ2v) is 4.23. The first-order valence-electron chi connectivity index (χ1n) is 6.50. The van der Waals surface area contributed by atoms with Gasteiger partial charge in [0.2, 0.25) is 0 Å². The fourth-order valence-corrected chi connectivity index (χ4v) is 1.94. The minimum absolute atomic E-state index is 0.996. The minimum atomic E-state index is 0.996. The van der Waals surface area contributed by atoms with E-state index in [2.05, 4.69) is 32.9 Å². The van der Waals surface area contributed by atoms with E-state index in [0.29, 0.717) is 0 Å².